The van der Waals surface area contributed by atoms with E-state index in [1.807, 2.05) is 13.8 Å². The van der Waals surface area contributed by atoms with Crippen LogP contribution >= 0.6 is 0 Å². The number of rotatable bonds is 5. The van der Waals surface area contributed by atoms with Gasteiger partial charge in [-0.1, -0.05) is 20.3 Å². The van der Waals surface area contributed by atoms with Crippen LogP contribution in [-0.4, -0.2) is 24.6 Å². The van der Waals surface area contributed by atoms with Gasteiger partial charge in [-0.15, -0.1) is 0 Å². The molecule has 0 saturated heterocycles. The maximum absolute atomic E-state index is 11.4. The second-order valence-corrected chi connectivity index (χ2v) is 5.05. The van der Waals surface area contributed by atoms with Gasteiger partial charge < -0.3 is 9.47 Å². The van der Waals surface area contributed by atoms with E-state index in [2.05, 4.69) is 0 Å². The van der Waals surface area contributed by atoms with Gasteiger partial charge in [-0.05, 0) is 31.6 Å². The Morgan fingerprint density at radius 3 is 2.33 bits per heavy atom. The van der Waals surface area contributed by atoms with Gasteiger partial charge in [-0.3, -0.25) is 0 Å². The van der Waals surface area contributed by atoms with Crippen molar-refractivity contribution in [3.05, 3.63) is 12.2 Å². The van der Waals surface area contributed by atoms with Crippen molar-refractivity contribution in [2.45, 2.75) is 52.1 Å². The summed E-state index contributed by atoms with van der Waals surface area (Å²) in [7, 11) is 0. The predicted octanol–water partition coefficient (Wildman–Crippen LogP) is 2.62. The SMILES string of the molecule is CC(C)COC(=O)C=CC(=O)OC1CCCCC1. The van der Waals surface area contributed by atoms with Crippen molar-refractivity contribution < 1.29 is 19.1 Å². The van der Waals surface area contributed by atoms with Gasteiger partial charge in [0.15, 0.2) is 0 Å². The first kappa shape index (κ1) is 14.7. The van der Waals surface area contributed by atoms with Crippen molar-refractivity contribution in [1.29, 1.82) is 0 Å². The third-order valence-electron chi connectivity index (χ3n) is 2.75. The van der Waals surface area contributed by atoms with Crippen molar-refractivity contribution in [3.8, 4) is 0 Å². The Kier molecular flexibility index (Phi) is 6.47. The second kappa shape index (κ2) is 7.90. The van der Waals surface area contributed by atoms with E-state index in [4.69, 9.17) is 9.47 Å². The van der Waals surface area contributed by atoms with Gasteiger partial charge in [0.2, 0.25) is 0 Å². The van der Waals surface area contributed by atoms with Crippen LogP contribution < -0.4 is 0 Å². The second-order valence-electron chi connectivity index (χ2n) is 5.05. The summed E-state index contributed by atoms with van der Waals surface area (Å²) in [6.07, 6.45) is 7.59. The molecule has 102 valence electrons. The first-order chi connectivity index (χ1) is 8.58. The van der Waals surface area contributed by atoms with Crippen LogP contribution in [-0.2, 0) is 19.1 Å². The highest BCUT2D eigenvalue weighted by Gasteiger charge is 2.16. The van der Waals surface area contributed by atoms with Gasteiger partial charge in [0.25, 0.3) is 0 Å². The summed E-state index contributed by atoms with van der Waals surface area (Å²) in [4.78, 5) is 22.7. The van der Waals surface area contributed by atoms with Crippen LogP contribution in [0.25, 0.3) is 0 Å². The molecule has 0 radical (unpaired) electrons. The summed E-state index contributed by atoms with van der Waals surface area (Å²) in [5.74, 6) is -0.663. The van der Waals surface area contributed by atoms with Crippen molar-refractivity contribution in [2.75, 3.05) is 6.61 Å². The first-order valence-corrected chi connectivity index (χ1v) is 6.63. The highest BCUT2D eigenvalue weighted by atomic mass is 16.5. The number of hydrogen-bond acceptors (Lipinski definition) is 4. The highest BCUT2D eigenvalue weighted by molar-refractivity contribution is 5.91. The van der Waals surface area contributed by atoms with Crippen LogP contribution in [0.5, 0.6) is 0 Å². The predicted molar refractivity (Wildman–Crippen MR) is 67.9 cm³/mol. The Labute approximate surface area is 108 Å². The fourth-order valence-corrected chi connectivity index (χ4v) is 1.82. The first-order valence-electron chi connectivity index (χ1n) is 6.63. The van der Waals surface area contributed by atoms with Crippen LogP contribution in [0.1, 0.15) is 46.0 Å². The maximum Gasteiger partial charge on any atom is 0.331 e. The molecule has 1 saturated carbocycles. The highest BCUT2D eigenvalue weighted by Crippen LogP contribution is 2.20. The molecule has 1 aliphatic rings. The molecule has 0 aromatic heterocycles. The molecule has 0 amide bonds. The Bertz CT molecular complexity index is 301. The van der Waals surface area contributed by atoms with Crippen molar-refractivity contribution >= 4 is 11.9 Å². The molecule has 0 N–H and O–H groups in total. The van der Waals surface area contributed by atoms with E-state index in [0.29, 0.717) is 6.61 Å². The monoisotopic (exact) mass is 254 g/mol. The van der Waals surface area contributed by atoms with E-state index < -0.39 is 11.9 Å². The molecule has 4 heteroatoms. The molecule has 0 spiro atoms. The average molecular weight is 254 g/mol. The van der Waals surface area contributed by atoms with Crippen LogP contribution in [0.4, 0.5) is 0 Å². The average Bonchev–Trinajstić information content (AvgIpc) is 2.35. The molecule has 0 unspecified atom stereocenters. The fraction of sp³-hybridized carbons (Fsp3) is 0.714. The van der Waals surface area contributed by atoms with Gasteiger partial charge in [-0.25, -0.2) is 9.59 Å². The standard InChI is InChI=1S/C14H22O4/c1-11(2)10-17-13(15)8-9-14(16)18-12-6-4-3-5-7-12/h8-9,11-12H,3-7,10H2,1-2H3. The topological polar surface area (TPSA) is 52.6 Å². The Balaban J connectivity index is 2.23. The van der Waals surface area contributed by atoms with Gasteiger partial charge in [0, 0.05) is 12.2 Å². The molecule has 1 rings (SSSR count). The molecule has 4 nitrogen and oxygen atoms in total. The van der Waals surface area contributed by atoms with Crippen molar-refractivity contribution in [1.82, 2.24) is 0 Å². The molecule has 18 heavy (non-hydrogen) atoms. The lowest BCUT2D eigenvalue weighted by molar-refractivity contribution is -0.145. The van der Waals surface area contributed by atoms with Crippen LogP contribution in [0, 0.1) is 5.92 Å². The van der Waals surface area contributed by atoms with E-state index in [1.165, 1.54) is 6.42 Å². The number of esters is 2. The lowest BCUT2D eigenvalue weighted by Gasteiger charge is -2.20. The van der Waals surface area contributed by atoms with Gasteiger partial charge in [0.1, 0.15) is 6.10 Å². The van der Waals surface area contributed by atoms with E-state index in [0.717, 1.165) is 37.8 Å². The smallest absolute Gasteiger partial charge is 0.331 e. The molecule has 1 fully saturated rings. The van der Waals surface area contributed by atoms with E-state index in [-0.39, 0.29) is 12.0 Å². The largest absolute Gasteiger partial charge is 0.462 e. The molecule has 0 aromatic rings. The molecular formula is C14H22O4. The maximum atomic E-state index is 11.4. The van der Waals surface area contributed by atoms with Gasteiger partial charge in [0.05, 0.1) is 6.61 Å². The molecule has 0 bridgehead atoms. The van der Waals surface area contributed by atoms with E-state index in [1.54, 1.807) is 0 Å². The minimum Gasteiger partial charge on any atom is -0.462 e. The lowest BCUT2D eigenvalue weighted by Crippen LogP contribution is -2.19. The Morgan fingerprint density at radius 2 is 1.72 bits per heavy atom. The van der Waals surface area contributed by atoms with Gasteiger partial charge >= 0.3 is 11.9 Å². The Hall–Kier alpha value is -1.32. The summed E-state index contributed by atoms with van der Waals surface area (Å²) in [5, 5.41) is 0. The third kappa shape index (κ3) is 6.42. The molecule has 0 aliphatic heterocycles. The summed E-state index contributed by atoms with van der Waals surface area (Å²) in [6.45, 7) is 4.27. The molecule has 0 atom stereocenters. The molecule has 0 aromatic carbocycles. The summed E-state index contributed by atoms with van der Waals surface area (Å²) in [5.41, 5.74) is 0. The number of hydrogen-bond donors (Lipinski definition) is 0. The van der Waals surface area contributed by atoms with E-state index >= 15 is 0 Å². The summed E-state index contributed by atoms with van der Waals surface area (Å²) >= 11 is 0. The number of carbonyl (C=O) groups is 2. The van der Waals surface area contributed by atoms with E-state index in [9.17, 15) is 9.59 Å². The third-order valence-corrected chi connectivity index (χ3v) is 2.75. The zero-order valence-electron chi connectivity index (χ0n) is 11.2. The number of carbonyl (C=O) groups excluding carboxylic acids is 2. The van der Waals surface area contributed by atoms with Gasteiger partial charge in [-0.2, -0.15) is 0 Å². The zero-order valence-corrected chi connectivity index (χ0v) is 11.2. The minimum absolute atomic E-state index is 0.0163. The van der Waals surface area contributed by atoms with Crippen molar-refractivity contribution in [3.63, 3.8) is 0 Å². The molecular weight excluding hydrogens is 232 g/mol. The number of ether oxygens (including phenoxy) is 2. The summed E-state index contributed by atoms with van der Waals surface area (Å²) < 4.78 is 10.1. The molecule has 0 heterocycles. The van der Waals surface area contributed by atoms with Crippen molar-refractivity contribution in [2.24, 2.45) is 5.92 Å². The summed E-state index contributed by atoms with van der Waals surface area (Å²) in [6, 6.07) is 0. The Morgan fingerprint density at radius 1 is 1.11 bits per heavy atom. The fourth-order valence-electron chi connectivity index (χ4n) is 1.82. The van der Waals surface area contributed by atoms with Crippen LogP contribution in [0.3, 0.4) is 0 Å². The minimum atomic E-state index is -0.496. The molecule has 1 aliphatic carbocycles. The normalized spacial score (nSPS) is 17.1. The quantitative estimate of drug-likeness (QED) is 0.559. The van der Waals surface area contributed by atoms with Crippen LogP contribution in [0.2, 0.25) is 0 Å². The van der Waals surface area contributed by atoms with Crippen LogP contribution in [0.15, 0.2) is 12.2 Å². The lowest BCUT2D eigenvalue weighted by atomic mass is 9.98. The zero-order chi connectivity index (χ0) is 13.4.